The van der Waals surface area contributed by atoms with E-state index >= 15 is 0 Å². The number of hydrogen-bond donors (Lipinski definition) is 0. The number of fused-ring (bicyclic) bond motifs is 4. The molecular formula is C18H19N. The minimum Gasteiger partial charge on any atom is -0.343 e. The van der Waals surface area contributed by atoms with Crippen molar-refractivity contribution in [3.05, 3.63) is 52.7 Å². The van der Waals surface area contributed by atoms with Gasteiger partial charge in [0, 0.05) is 23.9 Å². The van der Waals surface area contributed by atoms with Crippen molar-refractivity contribution >= 4 is 16.5 Å². The van der Waals surface area contributed by atoms with E-state index in [1.807, 2.05) is 0 Å². The normalized spacial score (nSPS) is 21.1. The molecular weight excluding hydrogens is 230 g/mol. The lowest BCUT2D eigenvalue weighted by molar-refractivity contribution is 0.828. The zero-order chi connectivity index (χ0) is 13.1. The van der Waals surface area contributed by atoms with Crippen molar-refractivity contribution in [1.29, 1.82) is 0 Å². The highest BCUT2D eigenvalue weighted by Gasteiger charge is 2.32. The van der Waals surface area contributed by atoms with E-state index < -0.39 is 0 Å². The first-order valence-electron chi connectivity index (χ1n) is 7.17. The van der Waals surface area contributed by atoms with E-state index in [9.17, 15) is 0 Å². The molecule has 1 aromatic carbocycles. The molecule has 1 heterocycles. The highest BCUT2D eigenvalue weighted by atomic mass is 15.0. The summed E-state index contributed by atoms with van der Waals surface area (Å²) in [5.74, 6) is 0.584. The van der Waals surface area contributed by atoms with Crippen LogP contribution in [-0.4, -0.2) is 4.57 Å². The second kappa shape index (κ2) is 3.63. The van der Waals surface area contributed by atoms with Crippen molar-refractivity contribution < 1.29 is 0 Å². The number of hydrogen-bond acceptors (Lipinski definition) is 0. The topological polar surface area (TPSA) is 4.93 Å². The number of aryl methyl sites for hydroxylation is 2. The van der Waals surface area contributed by atoms with Gasteiger partial charge in [-0.1, -0.05) is 36.3 Å². The van der Waals surface area contributed by atoms with Crippen LogP contribution in [-0.2, 0) is 7.05 Å². The van der Waals surface area contributed by atoms with Gasteiger partial charge in [0.25, 0.3) is 0 Å². The van der Waals surface area contributed by atoms with Gasteiger partial charge in [-0.05, 0) is 43.0 Å². The van der Waals surface area contributed by atoms with E-state index in [4.69, 9.17) is 0 Å². The van der Waals surface area contributed by atoms with E-state index in [0.717, 1.165) is 0 Å². The summed E-state index contributed by atoms with van der Waals surface area (Å²) < 4.78 is 2.39. The number of rotatable bonds is 0. The second-order valence-electron chi connectivity index (χ2n) is 5.94. The summed E-state index contributed by atoms with van der Waals surface area (Å²) in [7, 11) is 2.21. The molecule has 0 spiro atoms. The third-order valence-corrected chi connectivity index (χ3v) is 4.82. The summed E-state index contributed by atoms with van der Waals surface area (Å²) in [6.45, 7) is 4.56. The fourth-order valence-electron chi connectivity index (χ4n) is 3.89. The largest absolute Gasteiger partial charge is 0.343 e. The molecule has 19 heavy (non-hydrogen) atoms. The van der Waals surface area contributed by atoms with Crippen LogP contribution in [0, 0.1) is 6.92 Å². The van der Waals surface area contributed by atoms with E-state index in [0.29, 0.717) is 5.92 Å². The van der Waals surface area contributed by atoms with Crippen LogP contribution in [0.2, 0.25) is 0 Å². The number of allylic oxidation sites excluding steroid dienone is 4. The molecule has 2 aliphatic rings. The van der Waals surface area contributed by atoms with Crippen molar-refractivity contribution in [2.45, 2.75) is 32.6 Å². The first kappa shape index (κ1) is 11.1. The first-order valence-corrected chi connectivity index (χ1v) is 7.17. The van der Waals surface area contributed by atoms with Gasteiger partial charge >= 0.3 is 0 Å². The van der Waals surface area contributed by atoms with E-state index in [-0.39, 0.29) is 0 Å². The third kappa shape index (κ3) is 1.30. The van der Waals surface area contributed by atoms with Crippen molar-refractivity contribution in [2.24, 2.45) is 7.05 Å². The van der Waals surface area contributed by atoms with Crippen molar-refractivity contribution in [3.8, 4) is 0 Å². The van der Waals surface area contributed by atoms with Crippen LogP contribution in [0.5, 0.6) is 0 Å². The molecule has 0 N–H and O–H groups in total. The molecule has 4 rings (SSSR count). The summed E-state index contributed by atoms with van der Waals surface area (Å²) in [5, 5.41) is 1.45. The van der Waals surface area contributed by atoms with Gasteiger partial charge in [0.05, 0.1) is 5.69 Å². The zero-order valence-electron chi connectivity index (χ0n) is 11.8. The Morgan fingerprint density at radius 1 is 1.26 bits per heavy atom. The molecule has 0 saturated heterocycles. The minimum absolute atomic E-state index is 0.584. The van der Waals surface area contributed by atoms with E-state index in [1.54, 1.807) is 11.1 Å². The molecule has 0 amide bonds. The van der Waals surface area contributed by atoms with Crippen LogP contribution < -0.4 is 0 Å². The van der Waals surface area contributed by atoms with Crippen molar-refractivity contribution in [1.82, 2.24) is 4.57 Å². The van der Waals surface area contributed by atoms with Gasteiger partial charge in [0.2, 0.25) is 0 Å². The molecule has 1 unspecified atom stereocenters. The van der Waals surface area contributed by atoms with Crippen LogP contribution in [0.3, 0.4) is 0 Å². The minimum atomic E-state index is 0.584. The molecule has 0 bridgehead atoms. The van der Waals surface area contributed by atoms with Gasteiger partial charge in [-0.3, -0.25) is 0 Å². The molecule has 2 aromatic rings. The lowest BCUT2D eigenvalue weighted by Crippen LogP contribution is -1.97. The predicted molar refractivity (Wildman–Crippen MR) is 81.4 cm³/mol. The summed E-state index contributed by atoms with van der Waals surface area (Å²) >= 11 is 0. The summed E-state index contributed by atoms with van der Waals surface area (Å²) in [5.41, 5.74) is 8.87. The maximum Gasteiger partial charge on any atom is 0.0526 e. The Morgan fingerprint density at radius 3 is 2.95 bits per heavy atom. The average Bonchev–Trinajstić information content (AvgIpc) is 2.86. The lowest BCUT2D eigenvalue weighted by Gasteiger charge is -2.14. The van der Waals surface area contributed by atoms with E-state index in [2.05, 4.69) is 55.8 Å². The zero-order valence-corrected chi connectivity index (χ0v) is 11.8. The van der Waals surface area contributed by atoms with Crippen LogP contribution >= 0.6 is 0 Å². The van der Waals surface area contributed by atoms with Crippen molar-refractivity contribution in [3.63, 3.8) is 0 Å². The molecule has 1 atom stereocenters. The Morgan fingerprint density at radius 2 is 2.11 bits per heavy atom. The molecule has 1 aromatic heterocycles. The fourth-order valence-corrected chi connectivity index (χ4v) is 3.89. The molecule has 0 radical (unpaired) electrons. The Bertz CT molecular complexity index is 756. The maximum atomic E-state index is 2.39. The Hall–Kier alpha value is -1.76. The number of nitrogens with zero attached hydrogens (tertiary/aromatic N) is 1. The molecule has 2 aliphatic carbocycles. The molecule has 1 nitrogen and oxygen atoms in total. The Labute approximate surface area is 114 Å². The third-order valence-electron chi connectivity index (χ3n) is 4.82. The van der Waals surface area contributed by atoms with Gasteiger partial charge in [-0.2, -0.15) is 0 Å². The molecule has 0 aliphatic heterocycles. The highest BCUT2D eigenvalue weighted by molar-refractivity contribution is 5.97. The van der Waals surface area contributed by atoms with Gasteiger partial charge in [0.1, 0.15) is 0 Å². The molecule has 1 heteroatoms. The van der Waals surface area contributed by atoms with E-state index in [1.165, 1.54) is 40.6 Å². The predicted octanol–water partition coefficient (Wildman–Crippen LogP) is 4.71. The molecule has 96 valence electrons. The van der Waals surface area contributed by atoms with Crippen LogP contribution in [0.1, 0.15) is 42.5 Å². The average molecular weight is 249 g/mol. The summed E-state index contributed by atoms with van der Waals surface area (Å²) in [6, 6.07) is 6.84. The SMILES string of the molecule is Cc1ccc2c(c1)c1c(n2C)C2=C(CCC=C2)C1C. The van der Waals surface area contributed by atoms with Crippen LogP contribution in [0.4, 0.5) is 0 Å². The summed E-state index contributed by atoms with van der Waals surface area (Å²) in [4.78, 5) is 0. The van der Waals surface area contributed by atoms with Gasteiger partial charge < -0.3 is 4.57 Å². The summed E-state index contributed by atoms with van der Waals surface area (Å²) in [6.07, 6.45) is 7.10. The molecule has 0 saturated carbocycles. The molecule has 0 fully saturated rings. The Kier molecular flexibility index (Phi) is 2.12. The highest BCUT2D eigenvalue weighted by Crippen LogP contribution is 2.49. The fraction of sp³-hybridized carbons (Fsp3) is 0.333. The Balaban J connectivity index is 2.11. The van der Waals surface area contributed by atoms with Crippen LogP contribution in [0.15, 0.2) is 35.9 Å². The number of benzene rings is 1. The quantitative estimate of drug-likeness (QED) is 0.637. The van der Waals surface area contributed by atoms with Crippen LogP contribution in [0.25, 0.3) is 16.5 Å². The smallest absolute Gasteiger partial charge is 0.0526 e. The second-order valence-corrected chi connectivity index (χ2v) is 5.94. The first-order chi connectivity index (χ1) is 9.18. The standard InChI is InChI=1S/C18H19N/c1-11-8-9-16-15(10-11)17-12(2)13-6-4-5-7-14(13)18(17)19(16)3/h5,7-10,12H,4,6H2,1-3H3. The monoisotopic (exact) mass is 249 g/mol. The van der Waals surface area contributed by atoms with Crippen molar-refractivity contribution in [2.75, 3.05) is 0 Å². The van der Waals surface area contributed by atoms with Gasteiger partial charge in [-0.25, -0.2) is 0 Å². The maximum absolute atomic E-state index is 2.39. The lowest BCUT2D eigenvalue weighted by atomic mass is 9.91. The number of aromatic nitrogens is 1. The van der Waals surface area contributed by atoms with Gasteiger partial charge in [0.15, 0.2) is 0 Å². The van der Waals surface area contributed by atoms with Gasteiger partial charge in [-0.15, -0.1) is 0 Å².